The number of carbonyl (C=O) groups is 1. The number of ether oxygens (including phenoxy) is 1. The standard InChI is InChI=1S/C27H26F2N8O2/c1-3-25(38)32-18-5-6-21(28)23(13-18)34-26-20(15-30-27(35-26)33-19-14-31-36(2)16-19)17-4-7-24(22(29)12-17)37-8-10-39-11-9-37/h3-7,12-16H,1,8-11H2,2H3,(H,32,38)(H2,30,33,34,35). The molecule has 1 aliphatic rings. The van der Waals surface area contributed by atoms with E-state index in [1.807, 2.05) is 4.90 Å². The molecule has 0 aliphatic carbocycles. The van der Waals surface area contributed by atoms with Gasteiger partial charge in [0.2, 0.25) is 11.9 Å². The minimum absolute atomic E-state index is 0.0505. The van der Waals surface area contributed by atoms with Gasteiger partial charge in [0, 0.05) is 43.8 Å². The van der Waals surface area contributed by atoms with Gasteiger partial charge in [-0.15, -0.1) is 0 Å². The number of benzene rings is 2. The van der Waals surface area contributed by atoms with Crippen molar-refractivity contribution in [1.82, 2.24) is 19.7 Å². The van der Waals surface area contributed by atoms with Crippen molar-refractivity contribution in [2.24, 2.45) is 7.05 Å². The summed E-state index contributed by atoms with van der Waals surface area (Å²) in [5.41, 5.74) is 2.47. The van der Waals surface area contributed by atoms with Gasteiger partial charge in [0.15, 0.2) is 0 Å². The average Bonchev–Trinajstić information content (AvgIpc) is 3.35. The Labute approximate surface area is 223 Å². The summed E-state index contributed by atoms with van der Waals surface area (Å²) in [4.78, 5) is 22.6. The molecule has 4 aromatic rings. The van der Waals surface area contributed by atoms with Crippen LogP contribution in [0.4, 0.5) is 43.3 Å². The highest BCUT2D eigenvalue weighted by Crippen LogP contribution is 2.34. The van der Waals surface area contributed by atoms with Crippen LogP contribution in [0.5, 0.6) is 0 Å². The monoisotopic (exact) mass is 532 g/mol. The highest BCUT2D eigenvalue weighted by Gasteiger charge is 2.18. The van der Waals surface area contributed by atoms with E-state index in [9.17, 15) is 9.18 Å². The molecule has 3 heterocycles. The fourth-order valence-corrected chi connectivity index (χ4v) is 4.12. The highest BCUT2D eigenvalue weighted by atomic mass is 19.1. The van der Waals surface area contributed by atoms with Crippen LogP contribution >= 0.6 is 0 Å². The lowest BCUT2D eigenvalue weighted by Crippen LogP contribution is -2.36. The van der Waals surface area contributed by atoms with Gasteiger partial charge in [-0.3, -0.25) is 9.48 Å². The first-order chi connectivity index (χ1) is 18.9. The number of halogens is 2. The number of amides is 1. The Morgan fingerprint density at radius 2 is 1.87 bits per heavy atom. The molecule has 12 heteroatoms. The molecule has 1 fully saturated rings. The molecule has 0 atom stereocenters. The van der Waals surface area contributed by atoms with Crippen molar-refractivity contribution >= 4 is 40.4 Å². The van der Waals surface area contributed by atoms with E-state index in [1.165, 1.54) is 30.5 Å². The molecular weight excluding hydrogens is 506 g/mol. The van der Waals surface area contributed by atoms with Crippen LogP contribution in [0.2, 0.25) is 0 Å². The molecule has 0 unspecified atom stereocenters. The van der Waals surface area contributed by atoms with Crippen molar-refractivity contribution < 1.29 is 18.3 Å². The Bertz CT molecular complexity index is 1520. The zero-order chi connectivity index (χ0) is 27.4. The van der Waals surface area contributed by atoms with Crippen molar-refractivity contribution in [1.29, 1.82) is 0 Å². The van der Waals surface area contributed by atoms with Crippen molar-refractivity contribution in [3.63, 3.8) is 0 Å². The largest absolute Gasteiger partial charge is 0.378 e. The van der Waals surface area contributed by atoms with Gasteiger partial charge < -0.3 is 25.6 Å². The van der Waals surface area contributed by atoms with Gasteiger partial charge in [-0.25, -0.2) is 13.8 Å². The van der Waals surface area contributed by atoms with E-state index in [-0.39, 0.29) is 17.5 Å². The summed E-state index contributed by atoms with van der Waals surface area (Å²) < 4.78 is 37.1. The smallest absolute Gasteiger partial charge is 0.247 e. The fourth-order valence-electron chi connectivity index (χ4n) is 4.12. The average molecular weight is 533 g/mol. The quantitative estimate of drug-likeness (QED) is 0.283. The lowest BCUT2D eigenvalue weighted by Gasteiger charge is -2.29. The second kappa shape index (κ2) is 11.3. The van der Waals surface area contributed by atoms with Crippen LogP contribution in [0.15, 0.2) is 67.6 Å². The van der Waals surface area contributed by atoms with Gasteiger partial charge in [-0.2, -0.15) is 10.1 Å². The number of nitrogens with zero attached hydrogens (tertiary/aromatic N) is 5. The first-order valence-electron chi connectivity index (χ1n) is 12.1. The number of hydrogen-bond donors (Lipinski definition) is 3. The maximum absolute atomic E-state index is 15.2. The Kier molecular flexibility index (Phi) is 7.46. The van der Waals surface area contributed by atoms with Crippen LogP contribution < -0.4 is 20.9 Å². The molecule has 1 saturated heterocycles. The molecule has 39 heavy (non-hydrogen) atoms. The minimum Gasteiger partial charge on any atom is -0.378 e. The summed E-state index contributed by atoms with van der Waals surface area (Å²) in [5.74, 6) is -0.976. The molecule has 2 aromatic heterocycles. The van der Waals surface area contributed by atoms with E-state index in [0.717, 1.165) is 6.08 Å². The van der Waals surface area contributed by atoms with Crippen LogP contribution in [0.1, 0.15) is 0 Å². The zero-order valence-corrected chi connectivity index (χ0v) is 21.1. The van der Waals surface area contributed by atoms with Crippen molar-refractivity contribution in [2.45, 2.75) is 0 Å². The third-order valence-corrected chi connectivity index (χ3v) is 6.03. The van der Waals surface area contributed by atoms with Crippen LogP contribution in [0, 0.1) is 11.6 Å². The second-order valence-corrected chi connectivity index (χ2v) is 8.76. The molecule has 200 valence electrons. The number of rotatable bonds is 8. The molecular formula is C27H26F2N8O2. The van der Waals surface area contributed by atoms with Crippen molar-refractivity contribution in [2.75, 3.05) is 47.2 Å². The van der Waals surface area contributed by atoms with E-state index in [2.05, 4.69) is 37.6 Å². The molecule has 10 nitrogen and oxygen atoms in total. The maximum atomic E-state index is 15.2. The molecule has 0 bridgehead atoms. The molecule has 0 radical (unpaired) electrons. The topological polar surface area (TPSA) is 109 Å². The van der Waals surface area contributed by atoms with E-state index in [0.29, 0.717) is 54.5 Å². The Morgan fingerprint density at radius 3 is 2.59 bits per heavy atom. The highest BCUT2D eigenvalue weighted by molar-refractivity contribution is 5.99. The predicted molar refractivity (Wildman–Crippen MR) is 145 cm³/mol. The number of carbonyl (C=O) groups excluding carboxylic acids is 1. The molecule has 5 rings (SSSR count). The van der Waals surface area contributed by atoms with Gasteiger partial charge in [0.1, 0.15) is 17.5 Å². The summed E-state index contributed by atoms with van der Waals surface area (Å²) in [5, 5.41) is 12.8. The lowest BCUT2D eigenvalue weighted by molar-refractivity contribution is -0.111. The third kappa shape index (κ3) is 6.02. The minimum atomic E-state index is -0.577. The lowest BCUT2D eigenvalue weighted by atomic mass is 10.1. The SMILES string of the molecule is C=CC(=O)Nc1ccc(F)c(Nc2nc(Nc3cnn(C)c3)ncc2-c2ccc(N3CCOCC3)c(F)c2)c1. The van der Waals surface area contributed by atoms with Gasteiger partial charge >= 0.3 is 0 Å². The van der Waals surface area contributed by atoms with E-state index >= 15 is 4.39 Å². The Balaban J connectivity index is 1.52. The van der Waals surface area contributed by atoms with Crippen LogP contribution in [0.3, 0.4) is 0 Å². The van der Waals surface area contributed by atoms with Gasteiger partial charge in [0.05, 0.1) is 36.5 Å². The van der Waals surface area contributed by atoms with Gasteiger partial charge in [0.25, 0.3) is 0 Å². The predicted octanol–water partition coefficient (Wildman–Crippen LogP) is 4.60. The van der Waals surface area contributed by atoms with Crippen LogP contribution in [-0.4, -0.2) is 52.0 Å². The summed E-state index contributed by atoms with van der Waals surface area (Å²) in [6.45, 7) is 5.69. The van der Waals surface area contributed by atoms with E-state index in [1.54, 1.807) is 36.3 Å². The molecule has 0 saturated carbocycles. The van der Waals surface area contributed by atoms with Gasteiger partial charge in [-0.1, -0.05) is 12.6 Å². The zero-order valence-electron chi connectivity index (χ0n) is 21.1. The summed E-state index contributed by atoms with van der Waals surface area (Å²) in [7, 11) is 1.78. The third-order valence-electron chi connectivity index (χ3n) is 6.03. The molecule has 1 amide bonds. The Morgan fingerprint density at radius 1 is 1.05 bits per heavy atom. The molecule has 3 N–H and O–H groups in total. The van der Waals surface area contributed by atoms with Crippen LogP contribution in [0.25, 0.3) is 11.1 Å². The molecule has 0 spiro atoms. The van der Waals surface area contributed by atoms with E-state index in [4.69, 9.17) is 4.74 Å². The Hall–Kier alpha value is -4.84. The second-order valence-electron chi connectivity index (χ2n) is 8.76. The number of morpholine rings is 1. The van der Waals surface area contributed by atoms with Crippen LogP contribution in [-0.2, 0) is 16.6 Å². The normalized spacial score (nSPS) is 13.2. The van der Waals surface area contributed by atoms with Crippen molar-refractivity contribution in [3.05, 3.63) is 79.3 Å². The number of anilines is 6. The summed E-state index contributed by atoms with van der Waals surface area (Å²) in [6.07, 6.45) is 5.99. The van der Waals surface area contributed by atoms with Gasteiger partial charge in [-0.05, 0) is 42.0 Å². The fraction of sp³-hybridized carbons (Fsp3) is 0.185. The van der Waals surface area contributed by atoms with Crippen molar-refractivity contribution in [3.8, 4) is 11.1 Å². The van der Waals surface area contributed by atoms with E-state index < -0.39 is 17.5 Å². The summed E-state index contributed by atoms with van der Waals surface area (Å²) in [6, 6.07) is 8.95. The first kappa shape index (κ1) is 25.8. The number of nitrogens with one attached hydrogen (secondary N) is 3. The first-order valence-corrected chi connectivity index (χ1v) is 12.1. The molecule has 2 aromatic carbocycles. The summed E-state index contributed by atoms with van der Waals surface area (Å²) >= 11 is 0. The number of hydrogen-bond acceptors (Lipinski definition) is 8. The number of aryl methyl sites for hydroxylation is 1. The maximum Gasteiger partial charge on any atom is 0.247 e. The molecule has 1 aliphatic heterocycles. The number of aromatic nitrogens is 4.